The fourth-order valence-corrected chi connectivity index (χ4v) is 6.02. The van der Waals surface area contributed by atoms with Crippen LogP contribution < -0.4 is 10.6 Å². The zero-order valence-electron chi connectivity index (χ0n) is 26.1. The lowest BCUT2D eigenvalue weighted by molar-refractivity contribution is -0.145. The van der Waals surface area contributed by atoms with Gasteiger partial charge in [0.1, 0.15) is 18.4 Å². The van der Waals surface area contributed by atoms with Gasteiger partial charge in [0.05, 0.1) is 18.1 Å². The molecule has 0 amide bonds. The van der Waals surface area contributed by atoms with Gasteiger partial charge in [0, 0.05) is 56.8 Å². The first kappa shape index (κ1) is 34.8. The maximum Gasteiger partial charge on any atom is 0.306 e. The third-order valence-corrected chi connectivity index (χ3v) is 9.19. The number of nitrogens with zero attached hydrogens (tertiary/aromatic N) is 2. The van der Waals surface area contributed by atoms with Crippen molar-refractivity contribution in [3.63, 3.8) is 0 Å². The first-order valence-corrected chi connectivity index (χ1v) is 16.8. The van der Waals surface area contributed by atoms with E-state index in [4.69, 9.17) is 25.2 Å². The van der Waals surface area contributed by atoms with Crippen LogP contribution in [0.2, 0.25) is 0 Å². The number of carbonyl (C=O) groups excluding carboxylic acids is 2. The van der Waals surface area contributed by atoms with Crippen LogP contribution in [-0.2, 0) is 29.2 Å². The summed E-state index contributed by atoms with van der Waals surface area (Å²) >= 11 is 0. The first-order valence-electron chi connectivity index (χ1n) is 15.4. The molecule has 0 bridgehead atoms. The summed E-state index contributed by atoms with van der Waals surface area (Å²) < 4.78 is 40.4. The monoisotopic (exact) mass is 650 g/mol. The largest absolute Gasteiger partial charge is 0.464 e. The minimum Gasteiger partial charge on any atom is -0.464 e. The Labute approximate surface area is 270 Å². The molecule has 3 aliphatic rings. The van der Waals surface area contributed by atoms with Crippen molar-refractivity contribution < 1.29 is 32.0 Å². The van der Waals surface area contributed by atoms with Crippen LogP contribution in [0.5, 0.6) is 0 Å². The molecule has 2 fully saturated rings. The van der Waals surface area contributed by atoms with E-state index in [1.54, 1.807) is 18.2 Å². The average Bonchev–Trinajstić information content (AvgIpc) is 3.05. The molecule has 11 nitrogen and oxygen atoms in total. The zero-order chi connectivity index (χ0) is 33.1. The van der Waals surface area contributed by atoms with Gasteiger partial charge in [-0.25, -0.2) is 4.79 Å². The molecule has 2 saturated heterocycles. The van der Waals surface area contributed by atoms with E-state index < -0.39 is 10.1 Å². The second kappa shape index (κ2) is 16.5. The van der Waals surface area contributed by atoms with E-state index in [-0.39, 0.29) is 16.7 Å². The quantitative estimate of drug-likeness (QED) is 0.120. The van der Waals surface area contributed by atoms with Crippen LogP contribution in [0, 0.1) is 18.3 Å². The molecule has 0 saturated carbocycles. The molecule has 2 aromatic carbocycles. The van der Waals surface area contributed by atoms with Crippen LogP contribution in [0.25, 0.3) is 5.57 Å². The number of rotatable bonds is 9. The third kappa shape index (κ3) is 10.2. The Hall–Kier alpha value is -4.06. The molecule has 0 unspecified atom stereocenters. The van der Waals surface area contributed by atoms with Crippen molar-refractivity contribution in [1.82, 2.24) is 4.90 Å². The number of piperidine rings is 1. The fourth-order valence-electron chi connectivity index (χ4n) is 5.54. The summed E-state index contributed by atoms with van der Waals surface area (Å²) in [5, 5.41) is 7.59. The molecule has 4 N–H and O–H groups in total. The van der Waals surface area contributed by atoms with E-state index in [9.17, 15) is 18.0 Å². The smallest absolute Gasteiger partial charge is 0.306 e. The number of hydrogen-bond donors (Lipinski definition) is 3. The number of nitrogens with two attached hydrogens (primary N) is 1. The predicted molar refractivity (Wildman–Crippen MR) is 177 cm³/mol. The van der Waals surface area contributed by atoms with E-state index in [1.807, 2.05) is 31.1 Å². The number of benzene rings is 2. The highest BCUT2D eigenvalue weighted by Gasteiger charge is 2.23. The maximum absolute atomic E-state index is 12.3. The Morgan fingerprint density at radius 1 is 1.04 bits per heavy atom. The van der Waals surface area contributed by atoms with Gasteiger partial charge in [-0.15, -0.1) is 0 Å². The molecular formula is C34H42N4O7S. The summed E-state index contributed by atoms with van der Waals surface area (Å²) in [4.78, 5) is 28.3. The molecule has 5 rings (SSSR count). The number of morpholine rings is 1. The predicted octanol–water partition coefficient (Wildman–Crippen LogP) is 3.82. The highest BCUT2D eigenvalue weighted by Crippen LogP contribution is 2.32. The van der Waals surface area contributed by atoms with Gasteiger partial charge in [-0.3, -0.25) is 19.7 Å². The van der Waals surface area contributed by atoms with Crippen LogP contribution in [-0.4, -0.2) is 88.2 Å². The average molecular weight is 651 g/mol. The Morgan fingerprint density at radius 2 is 1.70 bits per heavy atom. The second-order valence-corrected chi connectivity index (χ2v) is 13.0. The summed E-state index contributed by atoms with van der Waals surface area (Å²) in [6.45, 7) is 8.19. The third-order valence-electron chi connectivity index (χ3n) is 8.32. The van der Waals surface area contributed by atoms with Crippen molar-refractivity contribution in [3.8, 4) is 0 Å². The number of carbonyl (C=O) groups is 1. The SMILES string of the molecule is Cc1ccc(S(=O)(=O)O)cc1.N=C(N)C1=CC=C(c2ccc(N3CCC(CC(=O)OCCN4CCOCC4)CC3)cc2)C(=C=O)C1. The molecule has 0 radical (unpaired) electrons. The fraction of sp³-hybridized carbons (Fsp3) is 0.412. The van der Waals surface area contributed by atoms with Gasteiger partial charge in [0.25, 0.3) is 10.1 Å². The van der Waals surface area contributed by atoms with E-state index in [0.717, 1.165) is 81.2 Å². The lowest BCUT2D eigenvalue weighted by Crippen LogP contribution is -2.38. The van der Waals surface area contributed by atoms with Crippen molar-refractivity contribution in [2.75, 3.05) is 57.4 Å². The van der Waals surface area contributed by atoms with E-state index in [2.05, 4.69) is 21.9 Å². The Morgan fingerprint density at radius 3 is 2.28 bits per heavy atom. The summed E-state index contributed by atoms with van der Waals surface area (Å²) in [7, 11) is -4.02. The molecule has 0 aromatic heterocycles. The number of amidine groups is 1. The molecule has 0 atom stereocenters. The number of anilines is 1. The number of esters is 1. The zero-order valence-corrected chi connectivity index (χ0v) is 26.9. The molecule has 246 valence electrons. The highest BCUT2D eigenvalue weighted by molar-refractivity contribution is 7.85. The summed E-state index contributed by atoms with van der Waals surface area (Å²) in [6.07, 6.45) is 6.37. The van der Waals surface area contributed by atoms with Crippen LogP contribution >= 0.6 is 0 Å². The van der Waals surface area contributed by atoms with Gasteiger partial charge in [0.2, 0.25) is 0 Å². The summed E-state index contributed by atoms with van der Waals surface area (Å²) in [5.41, 5.74) is 10.6. The van der Waals surface area contributed by atoms with Gasteiger partial charge in [-0.1, -0.05) is 42.0 Å². The van der Waals surface area contributed by atoms with Crippen molar-refractivity contribution in [2.24, 2.45) is 11.7 Å². The van der Waals surface area contributed by atoms with Gasteiger partial charge < -0.3 is 20.1 Å². The minimum atomic E-state index is -4.02. The Kier molecular flexibility index (Phi) is 12.5. The van der Waals surface area contributed by atoms with Crippen LogP contribution in [0.4, 0.5) is 5.69 Å². The highest BCUT2D eigenvalue weighted by atomic mass is 32.2. The molecule has 2 aliphatic heterocycles. The molecule has 1 aliphatic carbocycles. The number of aryl methyl sites for hydroxylation is 1. The number of allylic oxidation sites excluding steroid dienone is 4. The van der Waals surface area contributed by atoms with E-state index in [1.165, 1.54) is 12.1 Å². The second-order valence-electron chi connectivity index (χ2n) is 11.6. The molecule has 46 heavy (non-hydrogen) atoms. The normalized spacial score (nSPS) is 17.6. The van der Waals surface area contributed by atoms with Crippen LogP contribution in [0.3, 0.4) is 0 Å². The van der Waals surface area contributed by atoms with E-state index >= 15 is 0 Å². The van der Waals surface area contributed by atoms with Crippen molar-refractivity contribution in [1.29, 1.82) is 5.41 Å². The van der Waals surface area contributed by atoms with Gasteiger partial charge in [-0.2, -0.15) is 8.42 Å². The minimum absolute atomic E-state index is 0.0203. The van der Waals surface area contributed by atoms with Gasteiger partial charge in [-0.05, 0) is 66.7 Å². The summed E-state index contributed by atoms with van der Waals surface area (Å²) in [5.74, 6) is 2.26. The van der Waals surface area contributed by atoms with Gasteiger partial charge >= 0.3 is 5.97 Å². The molecular weight excluding hydrogens is 608 g/mol. The first-order chi connectivity index (χ1) is 22.0. The van der Waals surface area contributed by atoms with E-state index in [0.29, 0.717) is 36.5 Å². The lowest BCUT2D eigenvalue weighted by atomic mass is 9.88. The van der Waals surface area contributed by atoms with Crippen molar-refractivity contribution >= 4 is 39.1 Å². The summed E-state index contributed by atoms with van der Waals surface area (Å²) in [6, 6.07) is 14.2. The molecule has 2 heterocycles. The molecule has 2 aromatic rings. The standard InChI is InChI=1S/C27H34N4O4.C7H8O3S/c28-27(29)22-3-6-25(23(18-22)19-32)21-1-4-24(5-2-21)31-9-7-20(8-10-31)17-26(33)35-16-13-30-11-14-34-15-12-30;1-6-2-4-7(5-3-6)11(8,9)10/h1-6,20H,7-18H2,(H3,28,29);2-5H,1H3,(H,8,9,10). The van der Waals surface area contributed by atoms with Crippen LogP contribution in [0.15, 0.2) is 76.7 Å². The van der Waals surface area contributed by atoms with Crippen molar-refractivity contribution in [3.05, 3.63) is 83.0 Å². The number of hydrogen-bond acceptors (Lipinski definition) is 9. The van der Waals surface area contributed by atoms with Gasteiger partial charge in [0.15, 0.2) is 0 Å². The van der Waals surface area contributed by atoms with Crippen LogP contribution in [0.1, 0.15) is 36.8 Å². The molecule has 12 heteroatoms. The maximum atomic E-state index is 12.3. The number of ether oxygens (including phenoxy) is 2. The molecule has 0 spiro atoms. The Balaban J connectivity index is 0.000000369. The topological polar surface area (TPSA) is 163 Å². The van der Waals surface area contributed by atoms with Crippen molar-refractivity contribution in [2.45, 2.75) is 37.5 Å². The number of nitrogens with one attached hydrogen (secondary N) is 1. The lowest BCUT2D eigenvalue weighted by Gasteiger charge is -2.33. The Bertz CT molecular complexity index is 1580.